The molecule has 21 heavy (non-hydrogen) atoms. The van der Waals surface area contributed by atoms with Crippen molar-refractivity contribution >= 4 is 17.3 Å². The maximum absolute atomic E-state index is 9.76. The summed E-state index contributed by atoms with van der Waals surface area (Å²) < 4.78 is 1.98. The van der Waals surface area contributed by atoms with Crippen molar-refractivity contribution < 1.29 is 5.11 Å². The van der Waals surface area contributed by atoms with Gasteiger partial charge in [0.25, 0.3) is 0 Å². The highest BCUT2D eigenvalue weighted by Gasteiger charge is 2.20. The summed E-state index contributed by atoms with van der Waals surface area (Å²) in [4.78, 5) is 8.96. The van der Waals surface area contributed by atoms with Crippen molar-refractivity contribution in [2.45, 2.75) is 38.7 Å². The predicted molar refractivity (Wildman–Crippen MR) is 83.6 cm³/mol. The fourth-order valence-electron chi connectivity index (χ4n) is 3.01. The Bertz CT molecular complexity index is 597. The average molecular weight is 289 g/mol. The third-order valence-electron chi connectivity index (χ3n) is 4.05. The fourth-order valence-corrected chi connectivity index (χ4v) is 3.01. The summed E-state index contributed by atoms with van der Waals surface area (Å²) in [5.41, 5.74) is 0.841. The van der Waals surface area contributed by atoms with Gasteiger partial charge < -0.3 is 20.1 Å². The zero-order valence-electron chi connectivity index (χ0n) is 12.4. The number of aromatic nitrogens is 3. The van der Waals surface area contributed by atoms with E-state index in [0.717, 1.165) is 49.6 Å². The molecule has 2 atom stereocenters. The van der Waals surface area contributed by atoms with Crippen molar-refractivity contribution in [3.8, 4) is 0 Å². The highest BCUT2D eigenvalue weighted by atomic mass is 16.3. The molecule has 6 heteroatoms. The first-order valence-electron chi connectivity index (χ1n) is 7.75. The molecule has 1 aliphatic carbocycles. The van der Waals surface area contributed by atoms with Gasteiger partial charge in [0, 0.05) is 25.5 Å². The molecule has 1 aliphatic rings. The molecule has 2 unspecified atom stereocenters. The fraction of sp³-hybridized carbons (Fsp3) is 0.600. The summed E-state index contributed by atoms with van der Waals surface area (Å²) in [5.74, 6) is 2.15. The van der Waals surface area contributed by atoms with Crippen molar-refractivity contribution in [3.05, 3.63) is 18.6 Å². The molecule has 0 radical (unpaired) electrons. The Labute approximate surface area is 124 Å². The van der Waals surface area contributed by atoms with Gasteiger partial charge in [-0.1, -0.05) is 6.42 Å². The first-order chi connectivity index (χ1) is 10.3. The Morgan fingerprint density at radius 1 is 1.38 bits per heavy atom. The number of aliphatic hydroxyl groups is 1. The van der Waals surface area contributed by atoms with Crippen LogP contribution in [0.3, 0.4) is 0 Å². The molecule has 0 bridgehead atoms. The van der Waals surface area contributed by atoms with Gasteiger partial charge in [-0.2, -0.15) is 0 Å². The van der Waals surface area contributed by atoms with E-state index in [0.29, 0.717) is 5.92 Å². The maximum Gasteiger partial charge on any atom is 0.180 e. The van der Waals surface area contributed by atoms with Crippen molar-refractivity contribution in [1.82, 2.24) is 14.4 Å². The summed E-state index contributed by atoms with van der Waals surface area (Å²) in [7, 11) is 0. The van der Waals surface area contributed by atoms with Crippen molar-refractivity contribution in [2.24, 2.45) is 5.92 Å². The summed E-state index contributed by atoms with van der Waals surface area (Å²) in [5, 5.41) is 16.4. The zero-order chi connectivity index (χ0) is 14.7. The second-order valence-electron chi connectivity index (χ2n) is 5.73. The topological polar surface area (TPSA) is 74.5 Å². The third-order valence-corrected chi connectivity index (χ3v) is 4.05. The van der Waals surface area contributed by atoms with Crippen LogP contribution >= 0.6 is 0 Å². The molecular weight excluding hydrogens is 266 g/mol. The molecule has 1 saturated carbocycles. The molecule has 0 saturated heterocycles. The lowest BCUT2D eigenvalue weighted by atomic mass is 9.87. The van der Waals surface area contributed by atoms with Crippen LogP contribution in [0.5, 0.6) is 0 Å². The minimum atomic E-state index is -0.141. The third kappa shape index (κ3) is 3.26. The lowest BCUT2D eigenvalue weighted by Gasteiger charge is -2.26. The largest absolute Gasteiger partial charge is 0.393 e. The first-order valence-corrected chi connectivity index (χ1v) is 7.75. The van der Waals surface area contributed by atoms with E-state index in [1.165, 1.54) is 6.42 Å². The Balaban J connectivity index is 1.74. The van der Waals surface area contributed by atoms with Gasteiger partial charge in [-0.15, -0.1) is 0 Å². The Hall–Kier alpha value is -1.82. The SMILES string of the molecule is CCNc1cn2ccnc2c(NCC2CCCC(O)C2)n1. The van der Waals surface area contributed by atoms with Crippen molar-refractivity contribution in [1.29, 1.82) is 0 Å². The van der Waals surface area contributed by atoms with E-state index < -0.39 is 0 Å². The minimum Gasteiger partial charge on any atom is -0.393 e. The summed E-state index contributed by atoms with van der Waals surface area (Å²) in [6.07, 6.45) is 9.61. The van der Waals surface area contributed by atoms with E-state index in [-0.39, 0.29) is 6.10 Å². The summed E-state index contributed by atoms with van der Waals surface area (Å²) >= 11 is 0. The molecule has 0 amide bonds. The lowest BCUT2D eigenvalue weighted by molar-refractivity contribution is 0.104. The highest BCUT2D eigenvalue weighted by Crippen LogP contribution is 2.25. The number of rotatable bonds is 5. The number of aliphatic hydroxyl groups excluding tert-OH is 1. The molecule has 1 fully saturated rings. The molecule has 2 aromatic heterocycles. The van der Waals surface area contributed by atoms with Crippen LogP contribution < -0.4 is 10.6 Å². The molecular formula is C15H23N5O. The minimum absolute atomic E-state index is 0.141. The van der Waals surface area contributed by atoms with Crippen LogP contribution in [0.15, 0.2) is 18.6 Å². The highest BCUT2D eigenvalue weighted by molar-refractivity contribution is 5.65. The molecule has 2 heterocycles. The molecule has 0 aromatic carbocycles. The van der Waals surface area contributed by atoms with E-state index in [2.05, 4.69) is 27.5 Å². The van der Waals surface area contributed by atoms with Crippen molar-refractivity contribution in [2.75, 3.05) is 23.7 Å². The average Bonchev–Trinajstić information content (AvgIpc) is 2.93. The Morgan fingerprint density at radius 2 is 2.29 bits per heavy atom. The van der Waals surface area contributed by atoms with E-state index >= 15 is 0 Å². The number of imidazole rings is 1. The zero-order valence-corrected chi connectivity index (χ0v) is 12.4. The number of fused-ring (bicyclic) bond motifs is 1. The van der Waals surface area contributed by atoms with Crippen LogP contribution in [0.25, 0.3) is 5.65 Å². The molecule has 114 valence electrons. The van der Waals surface area contributed by atoms with Crippen LogP contribution in [-0.2, 0) is 0 Å². The van der Waals surface area contributed by atoms with E-state index in [1.54, 1.807) is 6.20 Å². The Kier molecular flexibility index (Phi) is 4.24. The van der Waals surface area contributed by atoms with Crippen molar-refractivity contribution in [3.63, 3.8) is 0 Å². The van der Waals surface area contributed by atoms with Gasteiger partial charge in [0.1, 0.15) is 5.82 Å². The van der Waals surface area contributed by atoms with Gasteiger partial charge in [-0.3, -0.25) is 0 Å². The second-order valence-corrected chi connectivity index (χ2v) is 5.73. The molecule has 0 spiro atoms. The maximum atomic E-state index is 9.76. The van der Waals surface area contributed by atoms with Crippen LogP contribution in [0.1, 0.15) is 32.6 Å². The predicted octanol–water partition coefficient (Wildman–Crippen LogP) is 2.12. The number of hydrogen-bond donors (Lipinski definition) is 3. The lowest BCUT2D eigenvalue weighted by Crippen LogP contribution is -2.25. The smallest absolute Gasteiger partial charge is 0.180 e. The molecule has 6 nitrogen and oxygen atoms in total. The summed E-state index contributed by atoms with van der Waals surface area (Å²) in [6, 6.07) is 0. The van der Waals surface area contributed by atoms with Gasteiger partial charge >= 0.3 is 0 Å². The van der Waals surface area contributed by atoms with Crippen LogP contribution in [-0.4, -0.2) is 38.7 Å². The van der Waals surface area contributed by atoms with E-state index in [4.69, 9.17) is 0 Å². The Morgan fingerprint density at radius 3 is 3.10 bits per heavy atom. The van der Waals surface area contributed by atoms with Gasteiger partial charge in [0.15, 0.2) is 11.5 Å². The molecule has 2 aromatic rings. The monoisotopic (exact) mass is 289 g/mol. The number of nitrogens with one attached hydrogen (secondary N) is 2. The standard InChI is InChI=1S/C15H23N5O/c1-2-16-13-10-20-7-6-17-15(20)14(19-13)18-9-11-4-3-5-12(21)8-11/h6-7,10-12,16,21H,2-5,8-9H2,1H3,(H,18,19). The second kappa shape index (κ2) is 6.30. The van der Waals surface area contributed by atoms with Gasteiger partial charge in [0.05, 0.1) is 12.3 Å². The van der Waals surface area contributed by atoms with Crippen LogP contribution in [0, 0.1) is 5.92 Å². The van der Waals surface area contributed by atoms with Gasteiger partial charge in [0.2, 0.25) is 0 Å². The normalized spacial score (nSPS) is 22.4. The van der Waals surface area contributed by atoms with E-state index in [9.17, 15) is 5.11 Å². The summed E-state index contributed by atoms with van der Waals surface area (Å²) in [6.45, 7) is 3.72. The van der Waals surface area contributed by atoms with Gasteiger partial charge in [-0.05, 0) is 32.1 Å². The molecule has 0 aliphatic heterocycles. The van der Waals surface area contributed by atoms with E-state index in [1.807, 2.05) is 16.8 Å². The molecule has 3 rings (SSSR count). The van der Waals surface area contributed by atoms with Crippen LogP contribution in [0.2, 0.25) is 0 Å². The van der Waals surface area contributed by atoms with Gasteiger partial charge in [-0.25, -0.2) is 9.97 Å². The number of nitrogens with zero attached hydrogens (tertiary/aromatic N) is 3. The number of anilines is 2. The number of hydrogen-bond acceptors (Lipinski definition) is 5. The quantitative estimate of drug-likeness (QED) is 0.786. The molecule has 3 N–H and O–H groups in total. The van der Waals surface area contributed by atoms with Crippen LogP contribution in [0.4, 0.5) is 11.6 Å². The first kappa shape index (κ1) is 14.1.